The molecule has 31 heavy (non-hydrogen) atoms. The highest BCUT2D eigenvalue weighted by Gasteiger charge is 2.14. The van der Waals surface area contributed by atoms with Crippen LogP contribution in [0, 0.1) is 0 Å². The Hall–Kier alpha value is -3.95. The molecule has 0 aliphatic heterocycles. The number of nitrogens with zero attached hydrogens (tertiary/aromatic N) is 5. The average Bonchev–Trinajstić information content (AvgIpc) is 3.25. The minimum absolute atomic E-state index is 0.0462. The largest absolute Gasteiger partial charge is 0.432 e. The fourth-order valence-electron chi connectivity index (χ4n) is 3.08. The van der Waals surface area contributed by atoms with E-state index in [1.165, 1.54) is 23.1 Å². The molecule has 0 saturated heterocycles. The lowest BCUT2D eigenvalue weighted by Gasteiger charge is -2.12. The van der Waals surface area contributed by atoms with Gasteiger partial charge in [0.25, 0.3) is 0 Å². The first-order chi connectivity index (χ1) is 15.1. The number of carbonyl (C=O) groups excluding carboxylic acids is 1. The van der Waals surface area contributed by atoms with Crippen LogP contribution in [-0.4, -0.2) is 37.7 Å². The molecular weight excluding hydrogens is 406 g/mol. The van der Waals surface area contributed by atoms with Gasteiger partial charge in [0, 0.05) is 23.6 Å². The molecular formula is C21H18F2N6O2. The van der Waals surface area contributed by atoms with Crippen molar-refractivity contribution in [2.75, 3.05) is 5.32 Å². The van der Waals surface area contributed by atoms with Crippen LogP contribution in [-0.2, 0) is 11.3 Å². The summed E-state index contributed by atoms with van der Waals surface area (Å²) in [6.45, 7) is -2.53. The molecule has 4 aromatic rings. The summed E-state index contributed by atoms with van der Waals surface area (Å²) >= 11 is 0. The smallest absolute Gasteiger partial charge is 0.387 e. The predicted molar refractivity (Wildman–Crippen MR) is 109 cm³/mol. The first-order valence-corrected chi connectivity index (χ1v) is 9.56. The molecule has 2 aromatic heterocycles. The molecule has 0 bridgehead atoms. The fourth-order valence-corrected chi connectivity index (χ4v) is 3.08. The molecule has 1 N–H and O–H groups in total. The lowest BCUT2D eigenvalue weighted by molar-refractivity contribution is -0.116. The Bertz CT molecular complexity index is 1180. The molecule has 0 spiro atoms. The SMILES string of the molecule is O=C(CCCn1nnc(-c2ccccc2)n1)Nc1ccc(OC(F)F)c2ncccc12. The van der Waals surface area contributed by atoms with Crippen LogP contribution in [0.15, 0.2) is 60.8 Å². The maximum absolute atomic E-state index is 12.6. The second-order valence-electron chi connectivity index (χ2n) is 6.62. The highest BCUT2D eigenvalue weighted by atomic mass is 19.3. The van der Waals surface area contributed by atoms with Crippen molar-refractivity contribution in [3.63, 3.8) is 0 Å². The second kappa shape index (κ2) is 9.24. The summed E-state index contributed by atoms with van der Waals surface area (Å²) in [5.41, 5.74) is 1.59. The summed E-state index contributed by atoms with van der Waals surface area (Å²) in [4.78, 5) is 17.9. The molecule has 8 nitrogen and oxygen atoms in total. The quantitative estimate of drug-likeness (QED) is 0.461. The minimum Gasteiger partial charge on any atom is -0.432 e. The zero-order valence-corrected chi connectivity index (χ0v) is 16.3. The first kappa shape index (κ1) is 20.3. The number of halogens is 2. The topological polar surface area (TPSA) is 94.8 Å². The van der Waals surface area contributed by atoms with Crippen LogP contribution < -0.4 is 10.1 Å². The minimum atomic E-state index is -2.96. The number of rotatable bonds is 8. The van der Waals surface area contributed by atoms with Gasteiger partial charge in [0.2, 0.25) is 11.7 Å². The van der Waals surface area contributed by atoms with Crippen LogP contribution in [0.3, 0.4) is 0 Å². The number of pyridine rings is 1. The van der Waals surface area contributed by atoms with Crippen molar-refractivity contribution >= 4 is 22.5 Å². The number of aromatic nitrogens is 5. The Morgan fingerprint density at radius 2 is 1.94 bits per heavy atom. The molecule has 1 amide bonds. The summed E-state index contributed by atoms with van der Waals surface area (Å²) < 4.78 is 29.7. The average molecular weight is 424 g/mol. The number of nitrogens with one attached hydrogen (secondary N) is 1. The number of carbonyl (C=O) groups is 1. The third-order valence-electron chi connectivity index (χ3n) is 4.47. The number of aryl methyl sites for hydroxylation is 1. The van der Waals surface area contributed by atoms with E-state index in [1.54, 1.807) is 12.1 Å². The lowest BCUT2D eigenvalue weighted by atomic mass is 10.1. The first-order valence-electron chi connectivity index (χ1n) is 9.56. The van der Waals surface area contributed by atoms with Gasteiger partial charge < -0.3 is 10.1 Å². The highest BCUT2D eigenvalue weighted by Crippen LogP contribution is 2.31. The number of benzene rings is 2. The van der Waals surface area contributed by atoms with Crippen molar-refractivity contribution in [2.45, 2.75) is 26.0 Å². The van der Waals surface area contributed by atoms with Crippen LogP contribution in [0.25, 0.3) is 22.3 Å². The predicted octanol–water partition coefficient (Wildman–Crippen LogP) is 3.91. The molecule has 2 aromatic carbocycles. The van der Waals surface area contributed by atoms with Crippen LogP contribution >= 0.6 is 0 Å². The van der Waals surface area contributed by atoms with Gasteiger partial charge in [-0.2, -0.15) is 13.6 Å². The van der Waals surface area contributed by atoms with Crippen molar-refractivity contribution in [3.8, 4) is 17.1 Å². The molecule has 0 aliphatic rings. The van der Waals surface area contributed by atoms with E-state index in [2.05, 4.69) is 30.4 Å². The van der Waals surface area contributed by atoms with Gasteiger partial charge in [-0.05, 0) is 35.9 Å². The van der Waals surface area contributed by atoms with E-state index in [0.717, 1.165) is 5.56 Å². The van der Waals surface area contributed by atoms with Gasteiger partial charge in [0.1, 0.15) is 5.52 Å². The molecule has 0 atom stereocenters. The number of tetrazole rings is 1. The Morgan fingerprint density at radius 3 is 2.74 bits per heavy atom. The number of amides is 1. The summed E-state index contributed by atoms with van der Waals surface area (Å²) in [7, 11) is 0. The van der Waals surface area contributed by atoms with Crippen LogP contribution in [0.5, 0.6) is 5.75 Å². The molecule has 2 heterocycles. The summed E-state index contributed by atoms with van der Waals surface area (Å²) in [5, 5.41) is 15.7. The van der Waals surface area contributed by atoms with Gasteiger partial charge in [-0.25, -0.2) is 0 Å². The number of hydrogen-bond acceptors (Lipinski definition) is 6. The number of anilines is 1. The van der Waals surface area contributed by atoms with Crippen molar-refractivity contribution in [1.29, 1.82) is 0 Å². The van der Waals surface area contributed by atoms with E-state index in [-0.39, 0.29) is 23.6 Å². The van der Waals surface area contributed by atoms with Crippen molar-refractivity contribution in [1.82, 2.24) is 25.2 Å². The molecule has 10 heteroatoms. The standard InChI is InChI=1S/C21H18F2N6O2/c22-21(23)31-17-11-10-16(15-8-4-12-24-19(15)17)25-18(30)9-5-13-29-27-20(26-28-29)14-6-2-1-3-7-14/h1-4,6-8,10-12,21H,5,9,13H2,(H,25,30). The summed E-state index contributed by atoms with van der Waals surface area (Å²) in [6, 6.07) is 15.7. The van der Waals surface area contributed by atoms with Gasteiger partial charge in [-0.1, -0.05) is 30.3 Å². The molecule has 0 unspecified atom stereocenters. The van der Waals surface area contributed by atoms with Crippen LogP contribution in [0.1, 0.15) is 12.8 Å². The van der Waals surface area contributed by atoms with Crippen molar-refractivity contribution in [2.24, 2.45) is 0 Å². The van der Waals surface area contributed by atoms with E-state index in [1.807, 2.05) is 30.3 Å². The number of alkyl halides is 2. The van der Waals surface area contributed by atoms with Crippen LogP contribution in [0.4, 0.5) is 14.5 Å². The number of hydrogen-bond donors (Lipinski definition) is 1. The zero-order valence-electron chi connectivity index (χ0n) is 16.3. The molecule has 0 aliphatic carbocycles. The number of ether oxygens (including phenoxy) is 1. The molecule has 0 fully saturated rings. The van der Waals surface area contributed by atoms with E-state index < -0.39 is 6.61 Å². The Kier molecular flexibility index (Phi) is 6.06. The summed E-state index contributed by atoms with van der Waals surface area (Å²) in [5.74, 6) is 0.251. The van der Waals surface area contributed by atoms with E-state index in [9.17, 15) is 13.6 Å². The third-order valence-corrected chi connectivity index (χ3v) is 4.47. The van der Waals surface area contributed by atoms with Gasteiger partial charge in [-0.15, -0.1) is 10.2 Å². The lowest BCUT2D eigenvalue weighted by Crippen LogP contribution is -2.14. The Balaban J connectivity index is 1.36. The Morgan fingerprint density at radius 1 is 1.10 bits per heavy atom. The zero-order chi connectivity index (χ0) is 21.6. The Labute approximate surface area is 175 Å². The van der Waals surface area contributed by atoms with E-state index in [4.69, 9.17) is 0 Å². The fraction of sp³-hybridized carbons (Fsp3) is 0.190. The molecule has 4 rings (SSSR count). The van der Waals surface area contributed by atoms with Gasteiger partial charge in [0.05, 0.1) is 12.2 Å². The van der Waals surface area contributed by atoms with E-state index >= 15 is 0 Å². The van der Waals surface area contributed by atoms with Crippen molar-refractivity contribution in [3.05, 3.63) is 60.8 Å². The number of fused-ring (bicyclic) bond motifs is 1. The molecule has 158 valence electrons. The van der Waals surface area contributed by atoms with E-state index in [0.29, 0.717) is 29.9 Å². The van der Waals surface area contributed by atoms with Gasteiger partial charge in [0.15, 0.2) is 5.75 Å². The van der Waals surface area contributed by atoms with Crippen LogP contribution in [0.2, 0.25) is 0 Å². The van der Waals surface area contributed by atoms with Gasteiger partial charge >= 0.3 is 6.61 Å². The molecule has 0 saturated carbocycles. The van der Waals surface area contributed by atoms with Gasteiger partial charge in [-0.3, -0.25) is 9.78 Å². The van der Waals surface area contributed by atoms with Crippen molar-refractivity contribution < 1.29 is 18.3 Å². The normalized spacial score (nSPS) is 11.1. The third kappa shape index (κ3) is 4.97. The summed E-state index contributed by atoms with van der Waals surface area (Å²) in [6.07, 6.45) is 2.19. The molecule has 0 radical (unpaired) electrons. The maximum atomic E-state index is 12.6. The second-order valence-corrected chi connectivity index (χ2v) is 6.62. The highest BCUT2D eigenvalue weighted by molar-refractivity contribution is 6.02. The maximum Gasteiger partial charge on any atom is 0.387 e. The monoisotopic (exact) mass is 424 g/mol.